The van der Waals surface area contributed by atoms with Gasteiger partial charge >= 0.3 is 0 Å². The lowest BCUT2D eigenvalue weighted by molar-refractivity contribution is -0.115. The smallest absolute Gasteiger partial charge is 0.251 e. The molecule has 3 N–H and O–H groups in total. The number of rotatable bonds is 7. The Labute approximate surface area is 176 Å². The summed E-state index contributed by atoms with van der Waals surface area (Å²) in [5.74, 6) is -0.779. The summed E-state index contributed by atoms with van der Waals surface area (Å²) in [6, 6.07) is 12.9. The maximum atomic E-state index is 12.8. The van der Waals surface area contributed by atoms with Crippen LogP contribution in [0.3, 0.4) is 0 Å². The van der Waals surface area contributed by atoms with Gasteiger partial charge in [-0.15, -0.1) is 0 Å². The molecule has 0 spiro atoms. The molecule has 30 heavy (non-hydrogen) atoms. The monoisotopic (exact) mass is 408 g/mol. The van der Waals surface area contributed by atoms with Gasteiger partial charge in [0.25, 0.3) is 5.91 Å². The third-order valence-electron chi connectivity index (χ3n) is 4.99. The molecule has 2 aromatic rings. The molecule has 1 fully saturated rings. The Morgan fingerprint density at radius 2 is 1.43 bits per heavy atom. The fraction of sp³-hybridized carbons (Fsp3) is 0.348. The van der Waals surface area contributed by atoms with Gasteiger partial charge in [-0.1, -0.05) is 24.3 Å². The lowest BCUT2D eigenvalue weighted by Crippen LogP contribution is -2.25. The summed E-state index contributed by atoms with van der Waals surface area (Å²) in [7, 11) is 0. The lowest BCUT2D eigenvalue weighted by atomic mass is 10.1. The minimum atomic E-state index is -0.273. The van der Waals surface area contributed by atoms with Crippen molar-refractivity contribution in [2.45, 2.75) is 39.8 Å². The van der Waals surface area contributed by atoms with Crippen LogP contribution in [0.1, 0.15) is 48.2 Å². The molecule has 1 saturated heterocycles. The average molecular weight is 409 g/mol. The van der Waals surface area contributed by atoms with Gasteiger partial charge in [0.15, 0.2) is 0 Å². The molecule has 0 saturated carbocycles. The van der Waals surface area contributed by atoms with E-state index in [4.69, 9.17) is 0 Å². The second-order valence-corrected chi connectivity index (χ2v) is 7.60. The van der Waals surface area contributed by atoms with Crippen molar-refractivity contribution >= 4 is 29.1 Å². The number of benzene rings is 2. The van der Waals surface area contributed by atoms with Crippen molar-refractivity contribution in [1.29, 1.82) is 0 Å². The highest BCUT2D eigenvalue weighted by molar-refractivity contribution is 5.99. The Kier molecular flexibility index (Phi) is 7.19. The zero-order chi connectivity index (χ0) is 21.5. The third kappa shape index (κ3) is 6.15. The van der Waals surface area contributed by atoms with Gasteiger partial charge < -0.3 is 16.0 Å². The molecule has 1 aliphatic heterocycles. The SMILES string of the molecule is CC(=O)Nc1cc(NC(C)=O)cc(C(=O)NCc2ccccc2CN2CCCC2)c1. The standard InChI is InChI=1S/C23H28N4O3/c1-16(28)25-21-11-20(12-22(13-21)26-17(2)29)23(30)24-14-18-7-3-4-8-19(18)15-27-9-5-6-10-27/h3-4,7-8,11-13H,5-6,9-10,14-15H2,1-2H3,(H,24,30)(H,25,28)(H,26,29). The minimum Gasteiger partial charge on any atom is -0.348 e. The number of carbonyl (C=O) groups is 3. The molecule has 3 rings (SSSR count). The van der Waals surface area contributed by atoms with Gasteiger partial charge in [0, 0.05) is 43.9 Å². The molecular formula is C23H28N4O3. The summed E-state index contributed by atoms with van der Waals surface area (Å²) in [5, 5.41) is 8.28. The van der Waals surface area contributed by atoms with E-state index in [-0.39, 0.29) is 17.7 Å². The first-order valence-electron chi connectivity index (χ1n) is 10.2. The third-order valence-corrected chi connectivity index (χ3v) is 4.99. The summed E-state index contributed by atoms with van der Waals surface area (Å²) in [5.41, 5.74) is 3.56. The van der Waals surface area contributed by atoms with Crippen molar-refractivity contribution in [2.24, 2.45) is 0 Å². The van der Waals surface area contributed by atoms with Crippen LogP contribution >= 0.6 is 0 Å². The highest BCUT2D eigenvalue weighted by atomic mass is 16.2. The van der Waals surface area contributed by atoms with Crippen LogP contribution in [0.2, 0.25) is 0 Å². The van der Waals surface area contributed by atoms with E-state index in [9.17, 15) is 14.4 Å². The van der Waals surface area contributed by atoms with E-state index in [2.05, 4.69) is 26.9 Å². The normalized spacial score (nSPS) is 13.7. The Morgan fingerprint density at radius 3 is 2.00 bits per heavy atom. The molecule has 0 aliphatic carbocycles. The van der Waals surface area contributed by atoms with Gasteiger partial charge in [-0.3, -0.25) is 19.3 Å². The van der Waals surface area contributed by atoms with Crippen LogP contribution in [0, 0.1) is 0 Å². The fourth-order valence-corrected chi connectivity index (χ4v) is 3.65. The fourth-order valence-electron chi connectivity index (χ4n) is 3.65. The molecule has 7 nitrogen and oxygen atoms in total. The van der Waals surface area contributed by atoms with Crippen LogP contribution in [-0.2, 0) is 22.7 Å². The van der Waals surface area contributed by atoms with Gasteiger partial charge in [-0.25, -0.2) is 0 Å². The van der Waals surface area contributed by atoms with E-state index in [0.29, 0.717) is 23.5 Å². The first-order chi connectivity index (χ1) is 14.4. The van der Waals surface area contributed by atoms with E-state index >= 15 is 0 Å². The maximum Gasteiger partial charge on any atom is 0.251 e. The van der Waals surface area contributed by atoms with E-state index in [0.717, 1.165) is 25.2 Å². The molecule has 7 heteroatoms. The van der Waals surface area contributed by atoms with Crippen molar-refractivity contribution in [2.75, 3.05) is 23.7 Å². The Hall–Kier alpha value is -3.19. The van der Waals surface area contributed by atoms with Crippen LogP contribution in [-0.4, -0.2) is 35.7 Å². The molecule has 1 aliphatic rings. The molecule has 0 aromatic heterocycles. The number of amides is 3. The van der Waals surface area contributed by atoms with Crippen molar-refractivity contribution in [3.05, 3.63) is 59.2 Å². The minimum absolute atomic E-state index is 0.253. The Bertz CT molecular complexity index is 902. The Morgan fingerprint density at radius 1 is 0.867 bits per heavy atom. The molecule has 0 atom stereocenters. The average Bonchev–Trinajstić information content (AvgIpc) is 3.19. The summed E-state index contributed by atoms with van der Waals surface area (Å²) in [6.45, 7) is 6.30. The zero-order valence-corrected chi connectivity index (χ0v) is 17.5. The van der Waals surface area contributed by atoms with Crippen molar-refractivity contribution in [3.8, 4) is 0 Å². The topological polar surface area (TPSA) is 90.5 Å². The second kappa shape index (κ2) is 10.0. The molecule has 0 radical (unpaired) electrons. The predicted octanol–water partition coefficient (Wildman–Crippen LogP) is 3.13. The van der Waals surface area contributed by atoms with E-state index in [1.165, 1.54) is 32.3 Å². The van der Waals surface area contributed by atoms with E-state index < -0.39 is 0 Å². The highest BCUT2D eigenvalue weighted by Gasteiger charge is 2.15. The summed E-state index contributed by atoms with van der Waals surface area (Å²) in [6.07, 6.45) is 2.47. The van der Waals surface area contributed by atoms with Gasteiger partial charge in [0.05, 0.1) is 0 Å². The maximum absolute atomic E-state index is 12.8. The van der Waals surface area contributed by atoms with E-state index in [1.807, 2.05) is 18.2 Å². The van der Waals surface area contributed by atoms with Gasteiger partial charge in [-0.2, -0.15) is 0 Å². The molecule has 3 amide bonds. The highest BCUT2D eigenvalue weighted by Crippen LogP contribution is 2.20. The number of carbonyl (C=O) groups excluding carboxylic acids is 3. The molecule has 1 heterocycles. The van der Waals surface area contributed by atoms with Crippen LogP contribution in [0.15, 0.2) is 42.5 Å². The van der Waals surface area contributed by atoms with E-state index in [1.54, 1.807) is 18.2 Å². The molecule has 0 bridgehead atoms. The number of likely N-dealkylation sites (tertiary alicyclic amines) is 1. The van der Waals surface area contributed by atoms with Crippen LogP contribution in [0.5, 0.6) is 0 Å². The number of nitrogens with zero attached hydrogens (tertiary/aromatic N) is 1. The van der Waals surface area contributed by atoms with Crippen LogP contribution < -0.4 is 16.0 Å². The molecule has 2 aromatic carbocycles. The first-order valence-corrected chi connectivity index (χ1v) is 10.2. The van der Waals surface area contributed by atoms with Crippen LogP contribution in [0.4, 0.5) is 11.4 Å². The molecular weight excluding hydrogens is 380 g/mol. The van der Waals surface area contributed by atoms with Gasteiger partial charge in [-0.05, 0) is 55.3 Å². The number of hydrogen-bond donors (Lipinski definition) is 3. The van der Waals surface area contributed by atoms with Gasteiger partial charge in [0.2, 0.25) is 11.8 Å². The quantitative estimate of drug-likeness (QED) is 0.657. The molecule has 158 valence electrons. The summed E-state index contributed by atoms with van der Waals surface area (Å²) >= 11 is 0. The van der Waals surface area contributed by atoms with Crippen molar-refractivity contribution in [3.63, 3.8) is 0 Å². The largest absolute Gasteiger partial charge is 0.348 e. The number of anilines is 2. The van der Waals surface area contributed by atoms with Crippen molar-refractivity contribution < 1.29 is 14.4 Å². The number of hydrogen-bond acceptors (Lipinski definition) is 4. The lowest BCUT2D eigenvalue weighted by Gasteiger charge is -2.18. The summed E-state index contributed by atoms with van der Waals surface area (Å²) < 4.78 is 0. The van der Waals surface area contributed by atoms with Crippen molar-refractivity contribution in [1.82, 2.24) is 10.2 Å². The van der Waals surface area contributed by atoms with Crippen LogP contribution in [0.25, 0.3) is 0 Å². The Balaban J connectivity index is 1.72. The van der Waals surface area contributed by atoms with Gasteiger partial charge in [0.1, 0.15) is 0 Å². The molecule has 0 unspecified atom stereocenters. The summed E-state index contributed by atoms with van der Waals surface area (Å²) in [4.78, 5) is 38.1. The second-order valence-electron chi connectivity index (χ2n) is 7.60. The number of nitrogens with one attached hydrogen (secondary N) is 3. The predicted molar refractivity (Wildman–Crippen MR) is 117 cm³/mol. The first kappa shape index (κ1) is 21.5. The zero-order valence-electron chi connectivity index (χ0n) is 17.5.